The largest absolute Gasteiger partial charge is 0.434 e. The molecule has 0 aliphatic rings. The van der Waals surface area contributed by atoms with E-state index in [0.29, 0.717) is 0 Å². The highest BCUT2D eigenvalue weighted by Crippen LogP contribution is 2.30. The first kappa shape index (κ1) is 11.6. The van der Waals surface area contributed by atoms with E-state index in [2.05, 4.69) is 5.10 Å². The Bertz CT molecular complexity index is 330. The van der Waals surface area contributed by atoms with Crippen molar-refractivity contribution < 1.29 is 13.2 Å². The molecule has 1 aromatic heterocycles. The van der Waals surface area contributed by atoms with E-state index >= 15 is 0 Å². The second kappa shape index (κ2) is 3.52. The van der Waals surface area contributed by atoms with Crippen LogP contribution in [0, 0.1) is 12.3 Å². The van der Waals surface area contributed by atoms with Crippen LogP contribution in [0.25, 0.3) is 0 Å². The summed E-state index contributed by atoms with van der Waals surface area (Å²) in [6.07, 6.45) is 1.44. The molecule has 0 amide bonds. The average molecular weight is 190 g/mol. The minimum atomic E-state index is -4.44. The van der Waals surface area contributed by atoms with Gasteiger partial charge in [-0.3, -0.25) is 4.68 Å². The standard InChI is InChI=1S/C7H5F3N2.CH4/c1-3-5-4-11-12(2)6(5)7(8,9)10;/h1,4H,2H3;1H4. The van der Waals surface area contributed by atoms with Crippen molar-refractivity contribution in [3.05, 3.63) is 17.5 Å². The summed E-state index contributed by atoms with van der Waals surface area (Å²) in [6.45, 7) is 0. The van der Waals surface area contributed by atoms with Crippen molar-refractivity contribution in [2.24, 2.45) is 7.05 Å². The number of aromatic nitrogens is 2. The van der Waals surface area contributed by atoms with Crippen LogP contribution in [0.3, 0.4) is 0 Å². The van der Waals surface area contributed by atoms with Crippen LogP contribution in [0.2, 0.25) is 0 Å². The van der Waals surface area contributed by atoms with Crippen molar-refractivity contribution in [3.63, 3.8) is 0 Å². The van der Waals surface area contributed by atoms with Gasteiger partial charge in [0.15, 0.2) is 5.69 Å². The van der Waals surface area contributed by atoms with E-state index in [4.69, 9.17) is 6.42 Å². The molecule has 2 nitrogen and oxygen atoms in total. The molecule has 0 saturated carbocycles. The third kappa shape index (κ3) is 2.02. The zero-order valence-corrected chi connectivity index (χ0v) is 6.18. The molecule has 1 aromatic rings. The van der Waals surface area contributed by atoms with Gasteiger partial charge in [0.05, 0.1) is 11.8 Å². The lowest BCUT2D eigenvalue weighted by Crippen LogP contribution is -2.13. The van der Waals surface area contributed by atoms with Crippen LogP contribution in [0.15, 0.2) is 6.20 Å². The summed E-state index contributed by atoms with van der Waals surface area (Å²) in [5.41, 5.74) is -1.12. The van der Waals surface area contributed by atoms with Crippen molar-refractivity contribution in [1.29, 1.82) is 0 Å². The number of terminal acetylenes is 1. The summed E-state index contributed by atoms with van der Waals surface area (Å²) >= 11 is 0. The Balaban J connectivity index is 0.00000144. The second-order valence-electron chi connectivity index (χ2n) is 2.17. The maximum atomic E-state index is 12.2. The molecule has 0 fully saturated rings. The van der Waals surface area contributed by atoms with Crippen molar-refractivity contribution in [2.75, 3.05) is 0 Å². The Kier molecular flexibility index (Phi) is 3.13. The number of halogens is 3. The van der Waals surface area contributed by atoms with Crippen LogP contribution in [0.4, 0.5) is 13.2 Å². The third-order valence-electron chi connectivity index (χ3n) is 1.36. The summed E-state index contributed by atoms with van der Waals surface area (Å²) in [6, 6.07) is 0. The quantitative estimate of drug-likeness (QED) is 0.572. The van der Waals surface area contributed by atoms with Gasteiger partial charge in [-0.1, -0.05) is 13.3 Å². The van der Waals surface area contributed by atoms with Gasteiger partial charge in [0.1, 0.15) is 0 Å². The molecule has 1 heterocycles. The maximum Gasteiger partial charge on any atom is 0.434 e. The number of rotatable bonds is 0. The van der Waals surface area contributed by atoms with E-state index in [1.807, 2.05) is 5.92 Å². The van der Waals surface area contributed by atoms with Crippen LogP contribution in [-0.4, -0.2) is 9.78 Å². The maximum absolute atomic E-state index is 12.2. The van der Waals surface area contributed by atoms with E-state index in [-0.39, 0.29) is 13.0 Å². The molecule has 1 rings (SSSR count). The topological polar surface area (TPSA) is 17.8 Å². The molecule has 0 saturated heterocycles. The van der Waals surface area contributed by atoms with Crippen molar-refractivity contribution in [1.82, 2.24) is 9.78 Å². The van der Waals surface area contributed by atoms with Crippen LogP contribution < -0.4 is 0 Å². The van der Waals surface area contributed by atoms with Crippen LogP contribution >= 0.6 is 0 Å². The molecule has 5 heteroatoms. The minimum absolute atomic E-state index is 0. The first-order chi connectivity index (χ1) is 5.46. The predicted octanol–water partition coefficient (Wildman–Crippen LogP) is 2.06. The number of alkyl halides is 3. The molecule has 0 N–H and O–H groups in total. The lowest BCUT2D eigenvalue weighted by atomic mass is 10.2. The summed E-state index contributed by atoms with van der Waals surface area (Å²) in [5.74, 6) is 1.92. The molecule has 0 spiro atoms. The Morgan fingerprint density at radius 3 is 2.38 bits per heavy atom. The van der Waals surface area contributed by atoms with Gasteiger partial charge >= 0.3 is 6.18 Å². The second-order valence-corrected chi connectivity index (χ2v) is 2.17. The number of hydrogen-bond donors (Lipinski definition) is 0. The number of aryl methyl sites for hydroxylation is 1. The van der Waals surface area contributed by atoms with E-state index in [0.717, 1.165) is 10.9 Å². The molecule has 0 aliphatic carbocycles. The normalized spacial score (nSPS) is 10.4. The van der Waals surface area contributed by atoms with Crippen molar-refractivity contribution in [2.45, 2.75) is 13.6 Å². The first-order valence-corrected chi connectivity index (χ1v) is 3.02. The Morgan fingerprint density at radius 1 is 1.54 bits per heavy atom. The molecule has 72 valence electrons. The van der Waals surface area contributed by atoms with Gasteiger partial charge < -0.3 is 0 Å². The van der Waals surface area contributed by atoms with Crippen LogP contribution in [0.5, 0.6) is 0 Å². The zero-order valence-electron chi connectivity index (χ0n) is 6.18. The molecule has 0 radical (unpaired) electrons. The van der Waals surface area contributed by atoms with Gasteiger partial charge in [0, 0.05) is 7.05 Å². The molecule has 13 heavy (non-hydrogen) atoms. The van der Waals surface area contributed by atoms with Crippen LogP contribution in [-0.2, 0) is 13.2 Å². The molecule has 0 atom stereocenters. The van der Waals surface area contributed by atoms with Gasteiger partial charge in [0.25, 0.3) is 0 Å². The van der Waals surface area contributed by atoms with Crippen molar-refractivity contribution >= 4 is 0 Å². The smallest absolute Gasteiger partial charge is 0.262 e. The van der Waals surface area contributed by atoms with E-state index < -0.39 is 11.9 Å². The molecular formula is C8H9F3N2. The highest BCUT2D eigenvalue weighted by Gasteiger charge is 2.36. The summed E-state index contributed by atoms with van der Waals surface area (Å²) < 4.78 is 37.2. The highest BCUT2D eigenvalue weighted by atomic mass is 19.4. The fraction of sp³-hybridized carbons (Fsp3) is 0.375. The summed E-state index contributed by atoms with van der Waals surface area (Å²) in [4.78, 5) is 0. The monoisotopic (exact) mass is 190 g/mol. The highest BCUT2D eigenvalue weighted by molar-refractivity contribution is 5.35. The fourth-order valence-corrected chi connectivity index (χ4v) is 0.879. The first-order valence-electron chi connectivity index (χ1n) is 3.02. The Hall–Kier alpha value is -1.44. The Labute approximate surface area is 74.4 Å². The molecule has 0 bridgehead atoms. The van der Waals surface area contributed by atoms with Gasteiger partial charge in [-0.25, -0.2) is 0 Å². The molecule has 0 aromatic carbocycles. The van der Waals surface area contributed by atoms with Gasteiger partial charge in [-0.15, -0.1) is 6.42 Å². The lowest BCUT2D eigenvalue weighted by Gasteiger charge is -2.06. The number of nitrogens with zero attached hydrogens (tertiary/aromatic N) is 2. The minimum Gasteiger partial charge on any atom is -0.262 e. The lowest BCUT2D eigenvalue weighted by molar-refractivity contribution is -0.143. The van der Waals surface area contributed by atoms with Gasteiger partial charge in [-0.2, -0.15) is 18.3 Å². The third-order valence-corrected chi connectivity index (χ3v) is 1.36. The zero-order chi connectivity index (χ0) is 9.35. The van der Waals surface area contributed by atoms with E-state index in [1.54, 1.807) is 0 Å². The van der Waals surface area contributed by atoms with Crippen molar-refractivity contribution in [3.8, 4) is 12.3 Å². The van der Waals surface area contributed by atoms with E-state index in [9.17, 15) is 13.2 Å². The van der Waals surface area contributed by atoms with Gasteiger partial charge in [0.2, 0.25) is 0 Å². The molecular weight excluding hydrogens is 181 g/mol. The predicted molar refractivity (Wildman–Crippen MR) is 42.9 cm³/mol. The molecule has 0 aliphatic heterocycles. The van der Waals surface area contributed by atoms with Gasteiger partial charge in [-0.05, 0) is 0 Å². The summed E-state index contributed by atoms with van der Waals surface area (Å²) in [5, 5.41) is 3.41. The fourth-order valence-electron chi connectivity index (χ4n) is 0.879. The molecule has 0 unspecified atom stereocenters. The van der Waals surface area contributed by atoms with E-state index in [1.165, 1.54) is 7.05 Å². The Morgan fingerprint density at radius 2 is 2.08 bits per heavy atom. The average Bonchev–Trinajstić information content (AvgIpc) is 2.29. The SMILES string of the molecule is C.C#Cc1cnn(C)c1C(F)(F)F. The number of hydrogen-bond acceptors (Lipinski definition) is 1. The van der Waals surface area contributed by atoms with Crippen LogP contribution in [0.1, 0.15) is 18.7 Å². The summed E-state index contributed by atoms with van der Waals surface area (Å²) in [7, 11) is 1.20.